The number of halogens is 2. The molecule has 1 saturated heterocycles. The maximum Gasteiger partial charge on any atom is 0.407 e. The molecular weight excluding hydrogens is 563 g/mol. The highest BCUT2D eigenvalue weighted by molar-refractivity contribution is 7.98. The molecule has 3 heterocycles. The summed E-state index contributed by atoms with van der Waals surface area (Å²) >= 11 is 8.22. The van der Waals surface area contributed by atoms with Gasteiger partial charge in [-0.25, -0.2) is 14.2 Å². The van der Waals surface area contributed by atoms with E-state index in [1.165, 1.54) is 16.7 Å². The Labute approximate surface area is 243 Å². The number of nitriles is 2. The van der Waals surface area contributed by atoms with Gasteiger partial charge >= 0.3 is 6.09 Å². The molecule has 1 fully saturated rings. The smallest absolute Gasteiger partial charge is 0.407 e. The maximum atomic E-state index is 16.6. The highest BCUT2D eigenvalue weighted by atomic mass is 35.5. The summed E-state index contributed by atoms with van der Waals surface area (Å²) in [7, 11) is 0. The zero-order valence-corrected chi connectivity index (χ0v) is 23.4. The summed E-state index contributed by atoms with van der Waals surface area (Å²) in [4.78, 5) is 17.8. The second kappa shape index (κ2) is 10.5. The van der Waals surface area contributed by atoms with Crippen LogP contribution in [0.5, 0.6) is 0 Å². The summed E-state index contributed by atoms with van der Waals surface area (Å²) in [6.45, 7) is 0.258. The fourth-order valence-electron chi connectivity index (χ4n) is 5.97. The lowest BCUT2D eigenvalue weighted by Crippen LogP contribution is -2.45. The van der Waals surface area contributed by atoms with Crippen molar-refractivity contribution in [2.45, 2.75) is 36.4 Å². The zero-order chi connectivity index (χ0) is 28.8. The molecule has 2 aromatic heterocycles. The molecule has 1 N–H and O–H groups in total. The number of benzene rings is 3. The van der Waals surface area contributed by atoms with Gasteiger partial charge in [0.15, 0.2) is 5.82 Å². The predicted molar refractivity (Wildman–Crippen MR) is 156 cm³/mol. The average molecular weight is 585 g/mol. The van der Waals surface area contributed by atoms with Gasteiger partial charge in [-0.1, -0.05) is 41.9 Å². The topological polar surface area (TPSA) is 119 Å². The van der Waals surface area contributed by atoms with Crippen LogP contribution in [0, 0.1) is 28.5 Å². The largest absolute Gasteiger partial charge is 0.465 e. The monoisotopic (exact) mass is 584 g/mol. The number of thioether (sulfide) groups is 1. The van der Waals surface area contributed by atoms with Gasteiger partial charge in [0.1, 0.15) is 10.5 Å². The number of amides is 1. The van der Waals surface area contributed by atoms with Gasteiger partial charge in [-0.15, -0.1) is 11.8 Å². The molecule has 0 bridgehead atoms. The van der Waals surface area contributed by atoms with Crippen LogP contribution in [0.25, 0.3) is 43.7 Å². The van der Waals surface area contributed by atoms with E-state index >= 15 is 4.39 Å². The SMILES string of the molecule is CSc1nc2c(F)c(-c3cccc4cccc(C#N)c34)c(Cl)cc2c2c1cnn2[C@H]1CCN(C(=O)O)[C@H](CC#N)C1. The first-order valence-corrected chi connectivity index (χ1v) is 14.5. The number of rotatable bonds is 4. The van der Waals surface area contributed by atoms with Crippen molar-refractivity contribution in [1.29, 1.82) is 10.5 Å². The number of carboxylic acid groups (broad SMARTS) is 1. The molecule has 41 heavy (non-hydrogen) atoms. The molecule has 2 atom stereocenters. The number of hydrogen-bond donors (Lipinski definition) is 1. The van der Waals surface area contributed by atoms with Crippen molar-refractivity contribution in [3.05, 3.63) is 65.1 Å². The van der Waals surface area contributed by atoms with Gasteiger partial charge in [-0.2, -0.15) is 15.6 Å². The Morgan fingerprint density at radius 3 is 2.73 bits per heavy atom. The summed E-state index contributed by atoms with van der Waals surface area (Å²) in [5.74, 6) is -0.597. The van der Waals surface area contributed by atoms with Crippen LogP contribution >= 0.6 is 23.4 Å². The number of carbonyl (C=O) groups is 1. The average Bonchev–Trinajstić information content (AvgIpc) is 3.42. The fourth-order valence-corrected chi connectivity index (χ4v) is 6.82. The molecule has 1 amide bonds. The van der Waals surface area contributed by atoms with Crippen LogP contribution in [0.1, 0.15) is 30.9 Å². The third-order valence-electron chi connectivity index (χ3n) is 7.78. The Hall–Kier alpha value is -4.38. The molecule has 3 aromatic carbocycles. The van der Waals surface area contributed by atoms with Gasteiger partial charge in [0.05, 0.1) is 58.3 Å². The van der Waals surface area contributed by atoms with Crippen LogP contribution in [0.15, 0.2) is 53.7 Å². The number of nitrogens with zero attached hydrogens (tertiary/aromatic N) is 6. The number of pyridine rings is 1. The van der Waals surface area contributed by atoms with Gasteiger partial charge < -0.3 is 10.0 Å². The molecule has 1 aliphatic heterocycles. The standard InChI is InChI=1S/C30H22ClFN6O2S/c1-41-29-22-15-35-38(19-9-11-37(30(39)40)18(12-19)8-10-33)28(22)21-13-23(31)25(26(32)27(21)36-29)20-7-3-5-16-4-2-6-17(14-34)24(16)20/h2-7,13,15,18-19H,8-9,11-12H2,1H3,(H,39,40)/t18-,19+/m1/s1. The van der Waals surface area contributed by atoms with E-state index in [1.807, 2.05) is 23.1 Å². The van der Waals surface area contributed by atoms with E-state index in [4.69, 9.17) is 16.6 Å². The van der Waals surface area contributed by atoms with Crippen LogP contribution in [0.2, 0.25) is 5.02 Å². The van der Waals surface area contributed by atoms with Crippen molar-refractivity contribution >= 4 is 62.0 Å². The fraction of sp³-hybridized carbons (Fsp3) is 0.233. The van der Waals surface area contributed by atoms with E-state index in [-0.39, 0.29) is 35.1 Å². The minimum absolute atomic E-state index is 0.0693. The molecule has 1 aliphatic rings. The Kier molecular flexibility index (Phi) is 6.90. The van der Waals surface area contributed by atoms with Crippen LogP contribution in [-0.4, -0.2) is 49.7 Å². The predicted octanol–water partition coefficient (Wildman–Crippen LogP) is 7.39. The summed E-state index contributed by atoms with van der Waals surface area (Å²) in [6, 6.07) is 16.1. The molecule has 0 saturated carbocycles. The first-order chi connectivity index (χ1) is 19.9. The van der Waals surface area contributed by atoms with E-state index in [1.54, 1.807) is 36.5 Å². The normalized spacial score (nSPS) is 17.1. The van der Waals surface area contributed by atoms with E-state index in [2.05, 4.69) is 17.2 Å². The third kappa shape index (κ3) is 4.31. The number of hydrogen-bond acceptors (Lipinski definition) is 6. The van der Waals surface area contributed by atoms with Gasteiger partial charge in [-0.3, -0.25) is 4.68 Å². The second-order valence-corrected chi connectivity index (χ2v) is 11.1. The number of likely N-dealkylation sites (tertiary alicyclic amines) is 1. The summed E-state index contributed by atoms with van der Waals surface area (Å²) in [6.07, 6.45) is 3.46. The van der Waals surface area contributed by atoms with Gasteiger partial charge in [0, 0.05) is 22.9 Å². The van der Waals surface area contributed by atoms with Crippen molar-refractivity contribution in [2.24, 2.45) is 0 Å². The lowest BCUT2D eigenvalue weighted by atomic mass is 9.93. The lowest BCUT2D eigenvalue weighted by molar-refractivity contribution is 0.0915. The van der Waals surface area contributed by atoms with Crippen LogP contribution < -0.4 is 0 Å². The maximum absolute atomic E-state index is 16.6. The Bertz CT molecular complexity index is 1960. The Morgan fingerprint density at radius 2 is 2.02 bits per heavy atom. The minimum atomic E-state index is -1.05. The highest BCUT2D eigenvalue weighted by Crippen LogP contribution is 2.43. The van der Waals surface area contributed by atoms with Crippen molar-refractivity contribution in [3.8, 4) is 23.3 Å². The lowest BCUT2D eigenvalue weighted by Gasteiger charge is -2.37. The Morgan fingerprint density at radius 1 is 1.24 bits per heavy atom. The number of aromatic nitrogens is 3. The molecule has 0 unspecified atom stereocenters. The first kappa shape index (κ1) is 26.8. The molecule has 11 heteroatoms. The highest BCUT2D eigenvalue weighted by Gasteiger charge is 2.34. The van der Waals surface area contributed by atoms with Crippen LogP contribution in [0.3, 0.4) is 0 Å². The van der Waals surface area contributed by atoms with Gasteiger partial charge in [0.2, 0.25) is 0 Å². The second-order valence-electron chi connectivity index (χ2n) is 9.91. The molecule has 0 radical (unpaired) electrons. The quantitative estimate of drug-likeness (QED) is 0.219. The van der Waals surface area contributed by atoms with Crippen LogP contribution in [-0.2, 0) is 0 Å². The zero-order valence-electron chi connectivity index (χ0n) is 21.8. The first-order valence-electron chi connectivity index (χ1n) is 12.9. The van der Waals surface area contributed by atoms with Gasteiger partial charge in [0.25, 0.3) is 0 Å². The van der Waals surface area contributed by atoms with E-state index in [9.17, 15) is 20.4 Å². The molecular formula is C30H22ClFN6O2S. The van der Waals surface area contributed by atoms with Crippen molar-refractivity contribution in [3.63, 3.8) is 0 Å². The number of fused-ring (bicyclic) bond motifs is 4. The van der Waals surface area contributed by atoms with Crippen LogP contribution in [0.4, 0.5) is 9.18 Å². The Balaban J connectivity index is 1.59. The number of piperidine rings is 1. The van der Waals surface area contributed by atoms with Gasteiger partial charge in [-0.05, 0) is 42.2 Å². The van der Waals surface area contributed by atoms with E-state index in [0.29, 0.717) is 45.3 Å². The molecule has 6 rings (SSSR count). The van der Waals surface area contributed by atoms with Crippen molar-refractivity contribution < 1.29 is 14.3 Å². The van der Waals surface area contributed by atoms with E-state index < -0.39 is 18.0 Å². The molecule has 8 nitrogen and oxygen atoms in total. The summed E-state index contributed by atoms with van der Waals surface area (Å²) in [5, 5.41) is 36.8. The molecule has 0 spiro atoms. The van der Waals surface area contributed by atoms with Crippen molar-refractivity contribution in [2.75, 3.05) is 12.8 Å². The summed E-state index contributed by atoms with van der Waals surface area (Å²) < 4.78 is 18.4. The van der Waals surface area contributed by atoms with Crippen molar-refractivity contribution in [1.82, 2.24) is 19.7 Å². The third-order valence-corrected chi connectivity index (χ3v) is 8.78. The minimum Gasteiger partial charge on any atom is -0.465 e. The molecule has 5 aromatic rings. The summed E-state index contributed by atoms with van der Waals surface area (Å²) in [5.41, 5.74) is 1.88. The molecule has 204 valence electrons. The molecule has 0 aliphatic carbocycles. The van der Waals surface area contributed by atoms with E-state index in [0.717, 1.165) is 10.8 Å².